The van der Waals surface area contributed by atoms with Crippen LogP contribution in [0.1, 0.15) is 49.3 Å². The van der Waals surface area contributed by atoms with E-state index < -0.39 is 24.2 Å². The van der Waals surface area contributed by atoms with Crippen molar-refractivity contribution in [3.05, 3.63) is 51.2 Å². The van der Waals surface area contributed by atoms with Crippen LogP contribution in [-0.2, 0) is 0 Å². The molecule has 1 aromatic heterocycles. The molecule has 1 fully saturated rings. The van der Waals surface area contributed by atoms with Gasteiger partial charge in [0.25, 0.3) is 5.91 Å². The van der Waals surface area contributed by atoms with Gasteiger partial charge in [0.1, 0.15) is 0 Å². The molecule has 1 unspecified atom stereocenters. The number of benzene rings is 1. The summed E-state index contributed by atoms with van der Waals surface area (Å²) in [6.07, 6.45) is 1.13. The smallest absolute Gasteiger partial charge is 0.407 e. The number of anilines is 1. The van der Waals surface area contributed by atoms with Crippen molar-refractivity contribution in [3.8, 4) is 5.75 Å². The Hall–Kier alpha value is -2.50. The molecule has 0 bridgehead atoms. The zero-order chi connectivity index (χ0) is 25.9. The molecule has 3 N–H and O–H groups in total. The number of carbonyl (C=O) groups is 2. The van der Waals surface area contributed by atoms with Crippen LogP contribution in [-0.4, -0.2) is 52.2 Å². The molecule has 0 spiro atoms. The second-order valence-electron chi connectivity index (χ2n) is 9.13. The minimum absolute atomic E-state index is 0.00283. The summed E-state index contributed by atoms with van der Waals surface area (Å²) < 4.78 is 30.5. The first-order valence-corrected chi connectivity index (χ1v) is 12.0. The van der Waals surface area contributed by atoms with Gasteiger partial charge < -0.3 is 25.4 Å². The fraction of sp³-hybridized carbons (Fsp3) is 0.435. The molecule has 0 aliphatic carbocycles. The third-order valence-corrected chi connectivity index (χ3v) is 6.75. The standard InChI is InChI=1S/C23H26BrClF2N4O4/c1-23(2,3)31(22(33)34)11-12-9-16(29-10-12)18-17(24)13(7-8-28-18)20(32)30-15-6-4-5-14(25)19(15)35-21(26)27/h4-8,12,16,21,29H,9-11H2,1-3H3,(H,30,32)(H,33,34)/t12?,16-/m0/s1. The molecule has 2 amide bonds. The van der Waals surface area contributed by atoms with Crippen LogP contribution in [0.5, 0.6) is 5.75 Å². The largest absolute Gasteiger partial charge is 0.465 e. The van der Waals surface area contributed by atoms with Gasteiger partial charge in [-0.25, -0.2) is 4.79 Å². The van der Waals surface area contributed by atoms with Crippen molar-refractivity contribution in [2.45, 2.75) is 45.4 Å². The maximum Gasteiger partial charge on any atom is 0.407 e. The molecule has 3 rings (SSSR count). The number of pyridine rings is 1. The Morgan fingerprint density at radius 1 is 1.37 bits per heavy atom. The maximum atomic E-state index is 13.0. The van der Waals surface area contributed by atoms with Gasteiger partial charge in [0.05, 0.1) is 32.5 Å². The Balaban J connectivity index is 1.77. The first-order chi connectivity index (χ1) is 16.4. The first kappa shape index (κ1) is 27.1. The van der Waals surface area contributed by atoms with Crippen molar-refractivity contribution in [3.63, 3.8) is 0 Å². The fourth-order valence-corrected chi connectivity index (χ4v) is 4.85. The normalized spacial score (nSPS) is 17.9. The maximum absolute atomic E-state index is 13.0. The van der Waals surface area contributed by atoms with E-state index in [9.17, 15) is 23.5 Å². The average Bonchev–Trinajstić information content (AvgIpc) is 3.22. The summed E-state index contributed by atoms with van der Waals surface area (Å²) in [5.74, 6) is -0.840. The van der Waals surface area contributed by atoms with Crippen molar-refractivity contribution < 1.29 is 28.2 Å². The monoisotopic (exact) mass is 574 g/mol. The molecule has 35 heavy (non-hydrogen) atoms. The number of ether oxygens (including phenoxy) is 1. The summed E-state index contributed by atoms with van der Waals surface area (Å²) in [4.78, 5) is 30.5. The van der Waals surface area contributed by atoms with Gasteiger partial charge in [-0.15, -0.1) is 0 Å². The predicted octanol–water partition coefficient (Wildman–Crippen LogP) is 5.78. The highest BCUT2D eigenvalue weighted by molar-refractivity contribution is 9.10. The van der Waals surface area contributed by atoms with Gasteiger partial charge in [0.15, 0.2) is 5.75 Å². The molecule has 8 nitrogen and oxygen atoms in total. The lowest BCUT2D eigenvalue weighted by Crippen LogP contribution is -2.47. The average molecular weight is 576 g/mol. The Kier molecular flexibility index (Phi) is 8.55. The zero-order valence-corrected chi connectivity index (χ0v) is 21.7. The van der Waals surface area contributed by atoms with E-state index >= 15 is 0 Å². The molecule has 1 aliphatic heterocycles. The van der Waals surface area contributed by atoms with E-state index in [4.69, 9.17) is 11.6 Å². The number of amides is 2. The fourth-order valence-electron chi connectivity index (χ4n) is 3.94. The van der Waals surface area contributed by atoms with E-state index in [1.54, 1.807) is 0 Å². The molecule has 0 saturated carbocycles. The van der Waals surface area contributed by atoms with Gasteiger partial charge in [0.2, 0.25) is 0 Å². The van der Waals surface area contributed by atoms with Gasteiger partial charge in [-0.2, -0.15) is 8.78 Å². The van der Waals surface area contributed by atoms with E-state index in [0.717, 1.165) is 0 Å². The lowest BCUT2D eigenvalue weighted by molar-refractivity contribution is -0.0493. The number of carboxylic acid groups (broad SMARTS) is 1. The Bertz CT molecular complexity index is 1100. The number of para-hydroxylation sites is 1. The molecule has 1 aromatic carbocycles. The zero-order valence-electron chi connectivity index (χ0n) is 19.3. The Labute approximate surface area is 215 Å². The topological polar surface area (TPSA) is 104 Å². The van der Waals surface area contributed by atoms with Crippen LogP contribution in [0.25, 0.3) is 0 Å². The highest BCUT2D eigenvalue weighted by atomic mass is 79.9. The third-order valence-electron chi connectivity index (χ3n) is 5.62. The number of alkyl halides is 2. The van der Waals surface area contributed by atoms with Crippen molar-refractivity contribution in [1.82, 2.24) is 15.2 Å². The van der Waals surface area contributed by atoms with Crippen LogP contribution in [0.2, 0.25) is 5.02 Å². The highest BCUT2D eigenvalue weighted by Gasteiger charge is 2.34. The van der Waals surface area contributed by atoms with E-state index in [1.807, 2.05) is 20.8 Å². The van der Waals surface area contributed by atoms with Crippen molar-refractivity contribution in [2.24, 2.45) is 5.92 Å². The Morgan fingerprint density at radius 2 is 2.09 bits per heavy atom. The number of nitrogens with zero attached hydrogens (tertiary/aromatic N) is 2. The van der Waals surface area contributed by atoms with Crippen LogP contribution in [0.15, 0.2) is 34.9 Å². The van der Waals surface area contributed by atoms with Gasteiger partial charge in [-0.1, -0.05) is 17.7 Å². The van der Waals surface area contributed by atoms with Crippen molar-refractivity contribution in [2.75, 3.05) is 18.4 Å². The third kappa shape index (κ3) is 6.59. The van der Waals surface area contributed by atoms with Gasteiger partial charge in [-0.3, -0.25) is 9.78 Å². The number of nitrogens with one attached hydrogen (secondary N) is 2. The summed E-state index contributed by atoms with van der Waals surface area (Å²) >= 11 is 9.42. The number of hydrogen-bond donors (Lipinski definition) is 3. The van der Waals surface area contributed by atoms with Crippen LogP contribution in [0.4, 0.5) is 19.3 Å². The van der Waals surface area contributed by atoms with Crippen LogP contribution < -0.4 is 15.4 Å². The lowest BCUT2D eigenvalue weighted by atomic mass is 9.99. The van der Waals surface area contributed by atoms with E-state index in [-0.39, 0.29) is 34.0 Å². The molecular weight excluding hydrogens is 550 g/mol. The quantitative estimate of drug-likeness (QED) is 0.387. The molecule has 190 valence electrons. The van der Waals surface area contributed by atoms with E-state index in [0.29, 0.717) is 29.7 Å². The summed E-state index contributed by atoms with van der Waals surface area (Å²) in [5, 5.41) is 15.4. The SMILES string of the molecule is CC(C)(C)N(CC1CN[C@H](c2nccc(C(=O)Nc3cccc(Cl)c3OC(F)F)c2Br)C1)C(=O)O. The minimum atomic E-state index is -3.11. The molecule has 2 aromatic rings. The van der Waals surface area contributed by atoms with Crippen molar-refractivity contribution >= 4 is 45.2 Å². The lowest BCUT2D eigenvalue weighted by Gasteiger charge is -2.35. The summed E-state index contributed by atoms with van der Waals surface area (Å²) in [5.41, 5.74) is 0.301. The van der Waals surface area contributed by atoms with Gasteiger partial charge in [0, 0.05) is 24.8 Å². The van der Waals surface area contributed by atoms with Gasteiger partial charge >= 0.3 is 12.7 Å². The molecule has 2 atom stereocenters. The van der Waals surface area contributed by atoms with E-state index in [1.165, 1.54) is 35.4 Å². The Morgan fingerprint density at radius 3 is 2.71 bits per heavy atom. The highest BCUT2D eigenvalue weighted by Crippen LogP contribution is 2.36. The molecule has 12 heteroatoms. The van der Waals surface area contributed by atoms with Crippen LogP contribution >= 0.6 is 27.5 Å². The molecule has 1 aliphatic rings. The van der Waals surface area contributed by atoms with Crippen molar-refractivity contribution in [1.29, 1.82) is 0 Å². The number of hydrogen-bond acceptors (Lipinski definition) is 5. The van der Waals surface area contributed by atoms with E-state index in [2.05, 4.69) is 36.3 Å². The molecule has 0 radical (unpaired) electrons. The number of aromatic nitrogens is 1. The number of halogens is 4. The molecule has 2 heterocycles. The van der Waals surface area contributed by atoms with Crippen LogP contribution in [0.3, 0.4) is 0 Å². The summed E-state index contributed by atoms with van der Waals surface area (Å²) in [6.45, 7) is 3.38. The number of rotatable bonds is 7. The van der Waals surface area contributed by atoms with Crippen LogP contribution in [0, 0.1) is 5.92 Å². The number of carbonyl (C=O) groups excluding carboxylic acids is 1. The second kappa shape index (κ2) is 11.0. The second-order valence-corrected chi connectivity index (χ2v) is 10.3. The minimum Gasteiger partial charge on any atom is -0.465 e. The summed E-state index contributed by atoms with van der Waals surface area (Å²) in [6, 6.07) is 5.58. The molecule has 1 saturated heterocycles. The summed E-state index contributed by atoms with van der Waals surface area (Å²) in [7, 11) is 0. The first-order valence-electron chi connectivity index (χ1n) is 10.8. The predicted molar refractivity (Wildman–Crippen MR) is 131 cm³/mol. The van der Waals surface area contributed by atoms with Gasteiger partial charge in [-0.05, 0) is 67.2 Å². The molecular formula is C23H26BrClF2N4O4.